The summed E-state index contributed by atoms with van der Waals surface area (Å²) in [7, 11) is 0. The third-order valence-electron chi connectivity index (χ3n) is 2.40. The molecule has 3 N–H and O–H groups in total. The highest BCUT2D eigenvalue weighted by Gasteiger charge is 2.26. The molecule has 1 aromatic rings. The molecule has 0 radical (unpaired) electrons. The number of halogens is 1. The molecular formula is C11H16BrN3O. The average molecular weight is 286 g/mol. The lowest BCUT2D eigenvalue weighted by Crippen LogP contribution is -2.37. The van der Waals surface area contributed by atoms with Crippen LogP contribution in [0.4, 0.5) is 5.82 Å². The Morgan fingerprint density at radius 1 is 1.62 bits per heavy atom. The first-order valence-electron chi connectivity index (χ1n) is 5.00. The van der Waals surface area contributed by atoms with Crippen molar-refractivity contribution < 1.29 is 4.79 Å². The van der Waals surface area contributed by atoms with Gasteiger partial charge >= 0.3 is 0 Å². The van der Waals surface area contributed by atoms with Crippen LogP contribution in [-0.4, -0.2) is 17.4 Å². The molecule has 16 heavy (non-hydrogen) atoms. The van der Waals surface area contributed by atoms with Gasteiger partial charge in [0.2, 0.25) is 5.91 Å². The monoisotopic (exact) mass is 285 g/mol. The number of amides is 1. The number of aromatic nitrogens is 1. The van der Waals surface area contributed by atoms with Gasteiger partial charge in [-0.15, -0.1) is 0 Å². The van der Waals surface area contributed by atoms with Gasteiger partial charge in [-0.3, -0.25) is 4.79 Å². The fourth-order valence-electron chi connectivity index (χ4n) is 1.04. The van der Waals surface area contributed by atoms with Gasteiger partial charge in [-0.2, -0.15) is 0 Å². The number of rotatable bonds is 3. The maximum Gasteiger partial charge on any atom is 0.232 e. The second-order valence-electron chi connectivity index (χ2n) is 4.36. The van der Waals surface area contributed by atoms with E-state index in [9.17, 15) is 4.79 Å². The maximum atomic E-state index is 11.9. The lowest BCUT2D eigenvalue weighted by molar-refractivity contribution is -0.123. The van der Waals surface area contributed by atoms with Crippen molar-refractivity contribution in [3.05, 3.63) is 22.3 Å². The lowest BCUT2D eigenvalue weighted by Gasteiger charge is -2.21. The van der Waals surface area contributed by atoms with Crippen molar-refractivity contribution in [2.45, 2.75) is 20.8 Å². The number of pyridine rings is 1. The lowest BCUT2D eigenvalue weighted by atomic mass is 9.93. The van der Waals surface area contributed by atoms with Crippen LogP contribution in [0.3, 0.4) is 0 Å². The van der Waals surface area contributed by atoms with Crippen LogP contribution in [0.25, 0.3) is 0 Å². The molecular weight excluding hydrogens is 270 g/mol. The Balaban J connectivity index is 2.85. The molecule has 0 aromatic carbocycles. The topological polar surface area (TPSA) is 68.0 Å². The van der Waals surface area contributed by atoms with E-state index in [1.54, 1.807) is 20.0 Å². The van der Waals surface area contributed by atoms with E-state index in [0.29, 0.717) is 12.4 Å². The molecule has 0 unspecified atom stereocenters. The summed E-state index contributed by atoms with van der Waals surface area (Å²) in [6.07, 6.45) is 1.65. The quantitative estimate of drug-likeness (QED) is 0.893. The summed E-state index contributed by atoms with van der Waals surface area (Å²) >= 11 is 3.32. The number of anilines is 1. The molecule has 5 heteroatoms. The fraction of sp³-hybridized carbons (Fsp3) is 0.455. The molecule has 1 amide bonds. The summed E-state index contributed by atoms with van der Waals surface area (Å²) in [5.74, 6) is 0.461. The molecule has 1 rings (SSSR count). The van der Waals surface area contributed by atoms with Gasteiger partial charge in [0.25, 0.3) is 0 Å². The molecule has 1 aromatic heterocycles. The molecule has 4 nitrogen and oxygen atoms in total. The van der Waals surface area contributed by atoms with Crippen LogP contribution in [-0.2, 0) is 4.79 Å². The summed E-state index contributed by atoms with van der Waals surface area (Å²) < 4.78 is 0.890. The zero-order valence-electron chi connectivity index (χ0n) is 9.67. The van der Waals surface area contributed by atoms with E-state index in [1.165, 1.54) is 0 Å². The van der Waals surface area contributed by atoms with Crippen molar-refractivity contribution in [1.82, 2.24) is 4.98 Å². The predicted octanol–water partition coefficient (Wildman–Crippen LogP) is 2.08. The second-order valence-corrected chi connectivity index (χ2v) is 5.28. The average Bonchev–Trinajstić information content (AvgIpc) is 2.22. The van der Waals surface area contributed by atoms with Gasteiger partial charge in [0.05, 0.1) is 5.41 Å². The van der Waals surface area contributed by atoms with Crippen LogP contribution in [0.1, 0.15) is 19.4 Å². The maximum absolute atomic E-state index is 11.9. The summed E-state index contributed by atoms with van der Waals surface area (Å²) in [6, 6.07) is 1.90. The minimum atomic E-state index is -0.582. The number of nitrogens with two attached hydrogens (primary N) is 1. The first kappa shape index (κ1) is 13.1. The molecule has 0 spiro atoms. The van der Waals surface area contributed by atoms with Gasteiger partial charge in [-0.25, -0.2) is 4.98 Å². The minimum absolute atomic E-state index is 0.118. The molecule has 0 aliphatic carbocycles. The van der Waals surface area contributed by atoms with Gasteiger partial charge in [0, 0.05) is 17.2 Å². The number of aryl methyl sites for hydroxylation is 1. The normalized spacial score (nSPS) is 11.3. The Morgan fingerprint density at radius 2 is 2.25 bits per heavy atom. The number of hydrogen-bond donors (Lipinski definition) is 2. The molecule has 0 aliphatic rings. The van der Waals surface area contributed by atoms with E-state index in [-0.39, 0.29) is 5.91 Å². The molecule has 0 fully saturated rings. The van der Waals surface area contributed by atoms with Crippen LogP contribution < -0.4 is 11.1 Å². The van der Waals surface area contributed by atoms with Gasteiger partial charge in [-0.1, -0.05) is 0 Å². The zero-order chi connectivity index (χ0) is 12.3. The fourth-order valence-corrected chi connectivity index (χ4v) is 1.49. The Labute approximate surface area is 104 Å². The van der Waals surface area contributed by atoms with Gasteiger partial charge in [0.15, 0.2) is 0 Å². The standard InChI is InChI=1S/C11H16BrN3O/c1-7-4-8(12)5-14-9(7)15-10(16)11(2,3)6-13/h4-5H,6,13H2,1-3H3,(H,14,15,16). The van der Waals surface area contributed by atoms with Gasteiger partial charge in [0.1, 0.15) is 5.82 Å². The van der Waals surface area contributed by atoms with E-state index in [2.05, 4.69) is 26.2 Å². The summed E-state index contributed by atoms with van der Waals surface area (Å²) in [4.78, 5) is 16.0. The van der Waals surface area contributed by atoms with Crippen LogP contribution in [0.5, 0.6) is 0 Å². The molecule has 0 saturated carbocycles. The third-order valence-corrected chi connectivity index (χ3v) is 2.84. The van der Waals surface area contributed by atoms with E-state index in [0.717, 1.165) is 10.0 Å². The summed E-state index contributed by atoms with van der Waals surface area (Å²) in [5.41, 5.74) is 5.86. The number of hydrogen-bond acceptors (Lipinski definition) is 3. The number of nitrogens with one attached hydrogen (secondary N) is 1. The predicted molar refractivity (Wildman–Crippen MR) is 68.1 cm³/mol. The van der Waals surface area contributed by atoms with Crippen molar-refractivity contribution in [2.24, 2.45) is 11.1 Å². The van der Waals surface area contributed by atoms with Crippen molar-refractivity contribution in [1.29, 1.82) is 0 Å². The van der Waals surface area contributed by atoms with E-state index >= 15 is 0 Å². The van der Waals surface area contributed by atoms with Crippen molar-refractivity contribution in [2.75, 3.05) is 11.9 Å². The van der Waals surface area contributed by atoms with E-state index in [1.807, 2.05) is 13.0 Å². The number of carbonyl (C=O) groups excluding carboxylic acids is 1. The number of carbonyl (C=O) groups is 1. The zero-order valence-corrected chi connectivity index (χ0v) is 11.3. The SMILES string of the molecule is Cc1cc(Br)cnc1NC(=O)C(C)(C)CN. The van der Waals surface area contributed by atoms with Crippen LogP contribution in [0.2, 0.25) is 0 Å². The largest absolute Gasteiger partial charge is 0.329 e. The van der Waals surface area contributed by atoms with Crippen molar-refractivity contribution in [3.63, 3.8) is 0 Å². The highest BCUT2D eigenvalue weighted by Crippen LogP contribution is 2.20. The van der Waals surface area contributed by atoms with Crippen LogP contribution in [0, 0.1) is 12.3 Å². The van der Waals surface area contributed by atoms with E-state index < -0.39 is 5.41 Å². The van der Waals surface area contributed by atoms with Crippen LogP contribution >= 0.6 is 15.9 Å². The first-order valence-corrected chi connectivity index (χ1v) is 5.80. The summed E-state index contributed by atoms with van der Waals surface area (Å²) in [6.45, 7) is 5.80. The Kier molecular flexibility index (Phi) is 4.04. The highest BCUT2D eigenvalue weighted by atomic mass is 79.9. The molecule has 0 aliphatic heterocycles. The van der Waals surface area contributed by atoms with Gasteiger partial charge in [-0.05, 0) is 48.3 Å². The van der Waals surface area contributed by atoms with E-state index in [4.69, 9.17) is 5.73 Å². The molecule has 0 atom stereocenters. The first-order chi connectivity index (χ1) is 7.36. The van der Waals surface area contributed by atoms with Crippen molar-refractivity contribution in [3.8, 4) is 0 Å². The molecule has 0 bridgehead atoms. The minimum Gasteiger partial charge on any atom is -0.329 e. The third kappa shape index (κ3) is 3.02. The molecule has 88 valence electrons. The van der Waals surface area contributed by atoms with Crippen molar-refractivity contribution >= 4 is 27.7 Å². The smallest absolute Gasteiger partial charge is 0.232 e. The number of nitrogens with zero attached hydrogens (tertiary/aromatic N) is 1. The molecule has 1 heterocycles. The summed E-state index contributed by atoms with van der Waals surface area (Å²) in [5, 5.41) is 2.78. The highest BCUT2D eigenvalue weighted by molar-refractivity contribution is 9.10. The Morgan fingerprint density at radius 3 is 2.75 bits per heavy atom. The molecule has 0 saturated heterocycles. The second kappa shape index (κ2) is 4.93. The Bertz CT molecular complexity index is 404. The Hall–Kier alpha value is -0.940. The van der Waals surface area contributed by atoms with Gasteiger partial charge < -0.3 is 11.1 Å². The van der Waals surface area contributed by atoms with Crippen LogP contribution in [0.15, 0.2) is 16.7 Å².